The van der Waals surface area contributed by atoms with E-state index in [0.717, 1.165) is 12.5 Å². The summed E-state index contributed by atoms with van der Waals surface area (Å²) in [5, 5.41) is 0. The average molecular weight is 247 g/mol. The summed E-state index contributed by atoms with van der Waals surface area (Å²) >= 11 is 0. The van der Waals surface area contributed by atoms with Crippen molar-refractivity contribution in [1.29, 1.82) is 0 Å². The maximum atomic E-state index is 6.23. The van der Waals surface area contributed by atoms with E-state index in [4.69, 9.17) is 5.73 Å². The zero-order chi connectivity index (χ0) is 13.1. The smallest absolute Gasteiger partial charge is 0.0500 e. The zero-order valence-electron chi connectivity index (χ0n) is 11.7. The minimum atomic E-state index is 0.142. The lowest BCUT2D eigenvalue weighted by molar-refractivity contribution is 0.0708. The topological polar surface area (TPSA) is 42.2 Å². The number of hydrogen-bond acceptors (Lipinski definition) is 3. The molecule has 2 heterocycles. The molecule has 1 aliphatic rings. The summed E-state index contributed by atoms with van der Waals surface area (Å²) in [6.07, 6.45) is 6.27. The van der Waals surface area contributed by atoms with Crippen LogP contribution in [0.2, 0.25) is 0 Å². The first-order valence-electron chi connectivity index (χ1n) is 7.01. The molecule has 100 valence electrons. The number of rotatable bonds is 3. The first-order valence-corrected chi connectivity index (χ1v) is 7.01. The minimum absolute atomic E-state index is 0.142. The van der Waals surface area contributed by atoms with Gasteiger partial charge in [0.2, 0.25) is 0 Å². The maximum Gasteiger partial charge on any atom is 0.0500 e. The highest BCUT2D eigenvalue weighted by Gasteiger charge is 2.31. The third-order valence-corrected chi connectivity index (χ3v) is 4.09. The number of likely N-dealkylation sites (tertiary alicyclic amines) is 1. The molecule has 0 aromatic carbocycles. The second-order valence-electron chi connectivity index (χ2n) is 5.80. The van der Waals surface area contributed by atoms with Gasteiger partial charge in [0, 0.05) is 30.5 Å². The van der Waals surface area contributed by atoms with Gasteiger partial charge in [-0.2, -0.15) is 0 Å². The van der Waals surface area contributed by atoms with Crippen LogP contribution in [0.1, 0.15) is 45.2 Å². The molecule has 4 atom stereocenters. The van der Waals surface area contributed by atoms with Gasteiger partial charge in [0.15, 0.2) is 0 Å². The highest BCUT2D eigenvalue weighted by atomic mass is 15.2. The molecule has 18 heavy (non-hydrogen) atoms. The Labute approximate surface area is 110 Å². The summed E-state index contributed by atoms with van der Waals surface area (Å²) in [5.41, 5.74) is 7.53. The molecule has 1 aromatic rings. The Hall–Kier alpha value is -0.930. The Balaban J connectivity index is 2.21. The Morgan fingerprint density at radius 2 is 2.00 bits per heavy atom. The monoisotopic (exact) mass is 247 g/mol. The van der Waals surface area contributed by atoms with Gasteiger partial charge < -0.3 is 5.73 Å². The van der Waals surface area contributed by atoms with Crippen LogP contribution < -0.4 is 5.73 Å². The van der Waals surface area contributed by atoms with Crippen LogP contribution in [0.3, 0.4) is 0 Å². The summed E-state index contributed by atoms with van der Waals surface area (Å²) in [4.78, 5) is 6.67. The molecule has 1 fully saturated rings. The van der Waals surface area contributed by atoms with Crippen molar-refractivity contribution in [2.24, 2.45) is 11.7 Å². The summed E-state index contributed by atoms with van der Waals surface area (Å²) in [7, 11) is 0. The van der Waals surface area contributed by atoms with Gasteiger partial charge in [-0.3, -0.25) is 9.88 Å². The summed E-state index contributed by atoms with van der Waals surface area (Å²) < 4.78 is 0. The molecule has 0 amide bonds. The normalized spacial score (nSPS) is 28.9. The number of nitrogens with two attached hydrogens (primary N) is 1. The molecule has 0 saturated carbocycles. The number of piperidine rings is 1. The van der Waals surface area contributed by atoms with Gasteiger partial charge in [0.05, 0.1) is 0 Å². The summed E-state index contributed by atoms with van der Waals surface area (Å²) in [6, 6.07) is 5.26. The van der Waals surface area contributed by atoms with Crippen molar-refractivity contribution in [2.45, 2.75) is 51.7 Å². The van der Waals surface area contributed by atoms with Gasteiger partial charge in [-0.1, -0.05) is 6.92 Å². The highest BCUT2D eigenvalue weighted by Crippen LogP contribution is 2.32. The molecule has 0 aliphatic carbocycles. The van der Waals surface area contributed by atoms with E-state index in [9.17, 15) is 0 Å². The van der Waals surface area contributed by atoms with Gasteiger partial charge in [0.25, 0.3) is 0 Å². The van der Waals surface area contributed by atoms with Crippen LogP contribution in [0.4, 0.5) is 0 Å². The van der Waals surface area contributed by atoms with E-state index in [1.54, 1.807) is 0 Å². The quantitative estimate of drug-likeness (QED) is 0.892. The average Bonchev–Trinajstić information content (AvgIpc) is 2.33. The molecule has 0 bridgehead atoms. The number of pyridine rings is 1. The highest BCUT2D eigenvalue weighted by molar-refractivity contribution is 5.17. The van der Waals surface area contributed by atoms with E-state index in [1.807, 2.05) is 12.4 Å². The van der Waals surface area contributed by atoms with Gasteiger partial charge in [0.1, 0.15) is 0 Å². The SMILES string of the molecule is CC1CCN(C(c2ccncc2)C(C)N)C(C)C1. The Morgan fingerprint density at radius 1 is 1.33 bits per heavy atom. The largest absolute Gasteiger partial charge is 0.326 e. The van der Waals surface area contributed by atoms with Crippen molar-refractivity contribution < 1.29 is 0 Å². The van der Waals surface area contributed by atoms with Crippen molar-refractivity contribution in [3.05, 3.63) is 30.1 Å². The van der Waals surface area contributed by atoms with E-state index < -0.39 is 0 Å². The molecule has 1 aromatic heterocycles. The number of aromatic nitrogens is 1. The van der Waals surface area contributed by atoms with Gasteiger partial charge in [-0.15, -0.1) is 0 Å². The molecule has 0 spiro atoms. The van der Waals surface area contributed by atoms with Crippen molar-refractivity contribution in [2.75, 3.05) is 6.54 Å². The van der Waals surface area contributed by atoms with E-state index >= 15 is 0 Å². The lowest BCUT2D eigenvalue weighted by Gasteiger charge is -2.43. The van der Waals surface area contributed by atoms with Crippen LogP contribution in [0.15, 0.2) is 24.5 Å². The van der Waals surface area contributed by atoms with E-state index in [-0.39, 0.29) is 6.04 Å². The fourth-order valence-corrected chi connectivity index (χ4v) is 3.20. The molecule has 3 nitrogen and oxygen atoms in total. The molecular formula is C15H25N3. The second kappa shape index (κ2) is 5.81. The Morgan fingerprint density at radius 3 is 2.56 bits per heavy atom. The van der Waals surface area contributed by atoms with Crippen LogP contribution in [0, 0.1) is 5.92 Å². The van der Waals surface area contributed by atoms with Crippen molar-refractivity contribution in [1.82, 2.24) is 9.88 Å². The van der Waals surface area contributed by atoms with Gasteiger partial charge >= 0.3 is 0 Å². The molecule has 1 aliphatic heterocycles. The van der Waals surface area contributed by atoms with E-state index in [0.29, 0.717) is 12.1 Å². The van der Waals surface area contributed by atoms with Crippen molar-refractivity contribution >= 4 is 0 Å². The molecule has 1 saturated heterocycles. The van der Waals surface area contributed by atoms with Gasteiger partial charge in [-0.25, -0.2) is 0 Å². The first kappa shape index (κ1) is 13.5. The second-order valence-corrected chi connectivity index (χ2v) is 5.80. The summed E-state index contributed by atoms with van der Waals surface area (Å²) in [6.45, 7) is 7.93. The lowest BCUT2D eigenvalue weighted by Crippen LogP contribution is -2.47. The van der Waals surface area contributed by atoms with Crippen LogP contribution >= 0.6 is 0 Å². The summed E-state index contributed by atoms with van der Waals surface area (Å²) in [5.74, 6) is 0.836. The fourth-order valence-electron chi connectivity index (χ4n) is 3.20. The zero-order valence-corrected chi connectivity index (χ0v) is 11.7. The fraction of sp³-hybridized carbons (Fsp3) is 0.667. The van der Waals surface area contributed by atoms with Crippen molar-refractivity contribution in [3.8, 4) is 0 Å². The van der Waals surface area contributed by atoms with Crippen LogP contribution in [-0.4, -0.2) is 28.5 Å². The number of nitrogens with zero attached hydrogens (tertiary/aromatic N) is 2. The first-order chi connectivity index (χ1) is 8.59. The van der Waals surface area contributed by atoms with Crippen LogP contribution in [0.5, 0.6) is 0 Å². The van der Waals surface area contributed by atoms with E-state index in [1.165, 1.54) is 18.4 Å². The van der Waals surface area contributed by atoms with Gasteiger partial charge in [-0.05, 0) is 56.8 Å². The number of hydrogen-bond donors (Lipinski definition) is 1. The lowest BCUT2D eigenvalue weighted by atomic mass is 9.89. The molecule has 2 rings (SSSR count). The molecular weight excluding hydrogens is 222 g/mol. The standard InChI is InChI=1S/C15H25N3/c1-11-6-9-18(12(2)10-11)15(13(3)16)14-4-7-17-8-5-14/h4-5,7-8,11-13,15H,6,9-10,16H2,1-3H3. The molecule has 3 heteroatoms. The maximum absolute atomic E-state index is 6.23. The predicted molar refractivity (Wildman–Crippen MR) is 75.2 cm³/mol. The molecule has 4 unspecified atom stereocenters. The van der Waals surface area contributed by atoms with Crippen molar-refractivity contribution in [3.63, 3.8) is 0 Å². The predicted octanol–water partition coefficient (Wildman–Crippen LogP) is 2.59. The Kier molecular flexibility index (Phi) is 4.36. The molecule has 0 radical (unpaired) electrons. The third kappa shape index (κ3) is 2.90. The minimum Gasteiger partial charge on any atom is -0.326 e. The molecule has 2 N–H and O–H groups in total. The van der Waals surface area contributed by atoms with Crippen LogP contribution in [-0.2, 0) is 0 Å². The van der Waals surface area contributed by atoms with Crippen LogP contribution in [0.25, 0.3) is 0 Å². The Bertz CT molecular complexity index is 363. The third-order valence-electron chi connectivity index (χ3n) is 4.09. The van der Waals surface area contributed by atoms with E-state index in [2.05, 4.69) is 42.8 Å².